The Labute approximate surface area is 175 Å². The van der Waals surface area contributed by atoms with Crippen molar-refractivity contribution in [3.8, 4) is 0 Å². The summed E-state index contributed by atoms with van der Waals surface area (Å²) < 4.78 is 23.4. The van der Waals surface area contributed by atoms with Gasteiger partial charge in [-0.15, -0.1) is 11.3 Å². The number of nitrogens with zero attached hydrogens (tertiary/aromatic N) is 1. The van der Waals surface area contributed by atoms with Crippen LogP contribution in [0.2, 0.25) is 0 Å². The van der Waals surface area contributed by atoms with Crippen LogP contribution in [-0.4, -0.2) is 20.3 Å². The summed E-state index contributed by atoms with van der Waals surface area (Å²) >= 11 is 0.965. The second-order valence-electron chi connectivity index (χ2n) is 8.45. The molecule has 1 saturated carbocycles. The fraction of sp³-hybridized carbons (Fsp3) is 0.500. The van der Waals surface area contributed by atoms with Gasteiger partial charge in [0.1, 0.15) is 14.8 Å². The van der Waals surface area contributed by atoms with Gasteiger partial charge in [0, 0.05) is 5.69 Å². The predicted molar refractivity (Wildman–Crippen MR) is 114 cm³/mol. The van der Waals surface area contributed by atoms with Gasteiger partial charge in [0.2, 0.25) is 0 Å². The first kappa shape index (κ1) is 20.3. The van der Waals surface area contributed by atoms with E-state index in [9.17, 15) is 14.1 Å². The van der Waals surface area contributed by atoms with Gasteiger partial charge in [0.15, 0.2) is 9.92 Å². The second kappa shape index (κ2) is 7.07. The van der Waals surface area contributed by atoms with E-state index in [0.29, 0.717) is 16.8 Å². The molecule has 1 aromatic carbocycles. The molecule has 0 saturated heterocycles. The van der Waals surface area contributed by atoms with Crippen molar-refractivity contribution in [1.82, 2.24) is 9.71 Å². The summed E-state index contributed by atoms with van der Waals surface area (Å²) in [5, 5.41) is 13.3. The molecule has 7 nitrogen and oxygen atoms in total. The van der Waals surface area contributed by atoms with E-state index in [1.165, 1.54) is 24.6 Å². The van der Waals surface area contributed by atoms with E-state index >= 15 is 0 Å². The number of aliphatic hydroxyl groups is 1. The topological polar surface area (TPSA) is 115 Å². The Balaban J connectivity index is 1.54. The molecule has 156 valence electrons. The van der Waals surface area contributed by atoms with Crippen molar-refractivity contribution in [3.63, 3.8) is 0 Å². The van der Waals surface area contributed by atoms with Gasteiger partial charge in [0.25, 0.3) is 0 Å². The number of thiazole rings is 1. The van der Waals surface area contributed by atoms with Crippen molar-refractivity contribution in [3.05, 3.63) is 40.0 Å². The van der Waals surface area contributed by atoms with Gasteiger partial charge < -0.3 is 10.4 Å². The molecule has 2 aliphatic carbocycles. The quantitative estimate of drug-likeness (QED) is 0.547. The van der Waals surface area contributed by atoms with Crippen LogP contribution in [-0.2, 0) is 28.4 Å². The van der Waals surface area contributed by atoms with E-state index in [1.807, 2.05) is 0 Å². The van der Waals surface area contributed by atoms with Crippen LogP contribution in [0.25, 0.3) is 0 Å². The van der Waals surface area contributed by atoms with E-state index in [2.05, 4.69) is 34.1 Å². The van der Waals surface area contributed by atoms with Crippen molar-refractivity contribution >= 4 is 33.0 Å². The highest BCUT2D eigenvalue weighted by molar-refractivity contribution is 7.93. The van der Waals surface area contributed by atoms with Gasteiger partial charge in [-0.3, -0.25) is 0 Å². The Morgan fingerprint density at radius 3 is 2.66 bits per heavy atom. The van der Waals surface area contributed by atoms with Crippen LogP contribution in [0.15, 0.2) is 22.5 Å². The Hall–Kier alpha value is -1.97. The lowest BCUT2D eigenvalue weighted by molar-refractivity contribution is 0.0783. The molecule has 1 fully saturated rings. The molecule has 0 aliphatic heterocycles. The number of hydrogen-bond donors (Lipinski definition) is 4. The zero-order valence-electron chi connectivity index (χ0n) is 16.7. The largest absolute Gasteiger partial charge is 0.383 e. The van der Waals surface area contributed by atoms with Gasteiger partial charge in [-0.05, 0) is 68.1 Å². The van der Waals surface area contributed by atoms with Crippen molar-refractivity contribution in [1.29, 1.82) is 4.78 Å². The summed E-state index contributed by atoms with van der Waals surface area (Å²) in [6, 6.07) is 3.57. The lowest BCUT2D eigenvalue weighted by atomic mass is 9.82. The Morgan fingerprint density at radius 1 is 1.38 bits per heavy atom. The average molecular weight is 435 g/mol. The third-order valence-corrected chi connectivity index (χ3v) is 8.88. The summed E-state index contributed by atoms with van der Waals surface area (Å²) in [6.07, 6.45) is 5.61. The number of amides is 2. The molecule has 0 bridgehead atoms. The first-order valence-electron chi connectivity index (χ1n) is 9.77. The van der Waals surface area contributed by atoms with Crippen LogP contribution >= 0.6 is 11.3 Å². The number of benzene rings is 1. The number of hydrogen-bond acceptors (Lipinski definition) is 6. The van der Waals surface area contributed by atoms with Gasteiger partial charge in [0.05, 0.1) is 6.20 Å². The van der Waals surface area contributed by atoms with Crippen LogP contribution in [0.3, 0.4) is 0 Å². The summed E-state index contributed by atoms with van der Waals surface area (Å²) in [5.74, 6) is 1.00. The number of fused-ring (bicyclic) bond motifs is 1. The summed E-state index contributed by atoms with van der Waals surface area (Å²) in [6.45, 7) is 5.32. The third kappa shape index (κ3) is 4.04. The van der Waals surface area contributed by atoms with Crippen LogP contribution in [0.1, 0.15) is 61.2 Å². The highest BCUT2D eigenvalue weighted by Crippen LogP contribution is 2.46. The minimum atomic E-state index is -3.58. The smallest absolute Gasteiger partial charge is 0.331 e. The summed E-state index contributed by atoms with van der Waals surface area (Å²) in [5.41, 5.74) is 3.10. The number of anilines is 1. The van der Waals surface area contributed by atoms with E-state index in [-0.39, 0.29) is 4.21 Å². The van der Waals surface area contributed by atoms with E-state index in [1.54, 1.807) is 13.8 Å². The molecule has 4 N–H and O–H groups in total. The molecule has 0 radical (unpaired) electrons. The average Bonchev–Trinajstić information content (AvgIpc) is 3.29. The molecule has 29 heavy (non-hydrogen) atoms. The summed E-state index contributed by atoms with van der Waals surface area (Å²) in [4.78, 5) is 16.7. The minimum absolute atomic E-state index is 0.109. The standard InChI is InChI=1S/C20H26N4O3S2/c1-11(12-4-5-12)14-8-6-13-7-9-15(13)17(14)23-19(25)24-29(21,27)16-10-22-18(28-16)20(2,3)26/h6,8,10-12,26H,4-5,7,9H2,1-3H3,(H3,21,23,24,25,27)/t11-,29+/m1/s1. The minimum Gasteiger partial charge on any atom is -0.383 e. The molecular weight excluding hydrogens is 408 g/mol. The van der Waals surface area contributed by atoms with Crippen molar-refractivity contribution in [2.45, 2.75) is 62.2 Å². The zero-order chi connectivity index (χ0) is 21.0. The molecule has 2 aromatic rings. The molecule has 4 rings (SSSR count). The number of aromatic nitrogens is 1. The number of urea groups is 1. The van der Waals surface area contributed by atoms with Crippen LogP contribution in [0, 0.1) is 10.7 Å². The molecule has 2 aliphatic rings. The number of nitrogens with one attached hydrogen (secondary N) is 3. The van der Waals surface area contributed by atoms with E-state index in [0.717, 1.165) is 41.0 Å². The maximum Gasteiger partial charge on any atom is 0.331 e. The van der Waals surface area contributed by atoms with Crippen LogP contribution in [0.4, 0.5) is 10.5 Å². The number of rotatable bonds is 6. The SMILES string of the molecule is C[C@@H](c1ccc2c(c1NC(=O)N[S@](=N)(=O)c1cnc(C(C)(C)O)s1)CC2)C1CC1. The molecular formula is C20H26N4O3S2. The van der Waals surface area contributed by atoms with E-state index in [4.69, 9.17) is 4.78 Å². The van der Waals surface area contributed by atoms with Crippen LogP contribution in [0.5, 0.6) is 0 Å². The molecule has 9 heteroatoms. The molecule has 2 amide bonds. The number of aryl methyl sites for hydroxylation is 1. The maximum absolute atomic E-state index is 12.8. The molecule has 2 atom stereocenters. The van der Waals surface area contributed by atoms with Gasteiger partial charge >= 0.3 is 6.03 Å². The molecule has 0 spiro atoms. The normalized spacial score (nSPS) is 18.9. The van der Waals surface area contributed by atoms with E-state index < -0.39 is 21.5 Å². The molecule has 1 aromatic heterocycles. The Morgan fingerprint density at radius 2 is 2.10 bits per heavy atom. The first-order valence-corrected chi connectivity index (χ1v) is 12.1. The van der Waals surface area contributed by atoms with Crippen molar-refractivity contribution in [2.24, 2.45) is 5.92 Å². The fourth-order valence-electron chi connectivity index (χ4n) is 3.68. The van der Waals surface area contributed by atoms with Gasteiger partial charge in [-0.1, -0.05) is 19.1 Å². The Kier molecular flexibility index (Phi) is 4.95. The number of carbonyl (C=O) groups excluding carboxylic acids is 1. The first-order chi connectivity index (χ1) is 13.6. The second-order valence-corrected chi connectivity index (χ2v) is 11.5. The third-order valence-electron chi connectivity index (χ3n) is 5.67. The lowest BCUT2D eigenvalue weighted by Gasteiger charge is -2.27. The maximum atomic E-state index is 12.8. The molecule has 0 unspecified atom stereocenters. The molecule has 1 heterocycles. The summed E-state index contributed by atoms with van der Waals surface area (Å²) in [7, 11) is -3.58. The van der Waals surface area contributed by atoms with Gasteiger partial charge in [-0.2, -0.15) is 0 Å². The highest BCUT2D eigenvalue weighted by Gasteiger charge is 2.33. The van der Waals surface area contributed by atoms with Crippen molar-refractivity contribution < 1.29 is 14.1 Å². The zero-order valence-corrected chi connectivity index (χ0v) is 18.4. The Bertz CT molecular complexity index is 1070. The van der Waals surface area contributed by atoms with Gasteiger partial charge in [-0.25, -0.2) is 23.5 Å². The predicted octanol–water partition coefficient (Wildman–Crippen LogP) is 4.12. The monoisotopic (exact) mass is 434 g/mol. The van der Waals surface area contributed by atoms with Crippen LogP contribution < -0.4 is 10.0 Å². The fourth-order valence-corrected chi connectivity index (χ4v) is 5.78. The number of carbonyl (C=O) groups is 1. The highest BCUT2D eigenvalue weighted by atomic mass is 32.2. The van der Waals surface area contributed by atoms with Crippen molar-refractivity contribution in [2.75, 3.05) is 5.32 Å². The lowest BCUT2D eigenvalue weighted by Crippen LogP contribution is -2.34.